The number of halogens is 3. The third kappa shape index (κ3) is 3.59. The van der Waals surface area contributed by atoms with Gasteiger partial charge >= 0.3 is 12.1 Å². The second-order valence-electron chi connectivity index (χ2n) is 5.68. The summed E-state index contributed by atoms with van der Waals surface area (Å²) in [5.74, 6) is -1.88. The summed E-state index contributed by atoms with van der Waals surface area (Å²) in [5.41, 5.74) is -2.57. The molecule has 2 rings (SSSR count). The second kappa shape index (κ2) is 6.15. The fraction of sp³-hybridized carbons (Fsp3) is 0.357. The Morgan fingerprint density at radius 1 is 1.24 bits per heavy atom. The highest BCUT2D eigenvalue weighted by molar-refractivity contribution is 5.95. The average Bonchev–Trinajstić information content (AvgIpc) is 3.02. The molecule has 8 nitrogen and oxygen atoms in total. The molecule has 0 bridgehead atoms. The zero-order chi connectivity index (χ0) is 19.0. The highest BCUT2D eigenvalue weighted by Crippen LogP contribution is 2.28. The van der Waals surface area contributed by atoms with Gasteiger partial charge < -0.3 is 10.0 Å². The van der Waals surface area contributed by atoms with Gasteiger partial charge in [-0.1, -0.05) is 5.21 Å². The number of hydrogen-bond acceptors (Lipinski definition) is 5. The summed E-state index contributed by atoms with van der Waals surface area (Å²) in [6.07, 6.45) is -2.72. The Kier molecular flexibility index (Phi) is 4.51. The molecule has 0 radical (unpaired) electrons. The Hall–Kier alpha value is -2.98. The van der Waals surface area contributed by atoms with Gasteiger partial charge in [0, 0.05) is 13.2 Å². The maximum Gasteiger partial charge on any atom is 0.417 e. The molecule has 0 aromatic carbocycles. The molecule has 25 heavy (non-hydrogen) atoms. The van der Waals surface area contributed by atoms with Gasteiger partial charge in [-0.3, -0.25) is 4.79 Å². The third-order valence-electron chi connectivity index (χ3n) is 3.69. The molecule has 0 saturated heterocycles. The third-order valence-corrected chi connectivity index (χ3v) is 3.69. The zero-order valence-electron chi connectivity index (χ0n) is 13.4. The predicted molar refractivity (Wildman–Crippen MR) is 78.0 cm³/mol. The van der Waals surface area contributed by atoms with Crippen LogP contribution in [0, 0.1) is 0 Å². The van der Waals surface area contributed by atoms with Crippen molar-refractivity contribution in [1.82, 2.24) is 24.9 Å². The molecule has 0 fully saturated rings. The molecule has 0 atom stereocenters. The van der Waals surface area contributed by atoms with Crippen LogP contribution in [0.15, 0.2) is 24.5 Å². The minimum atomic E-state index is -4.51. The van der Waals surface area contributed by atoms with E-state index in [1.165, 1.54) is 20.9 Å². The molecule has 2 aromatic heterocycles. The first-order valence-electron chi connectivity index (χ1n) is 6.92. The van der Waals surface area contributed by atoms with Gasteiger partial charge in [-0.05, 0) is 26.0 Å². The van der Waals surface area contributed by atoms with Crippen LogP contribution >= 0.6 is 0 Å². The van der Waals surface area contributed by atoms with Gasteiger partial charge in [0.25, 0.3) is 5.91 Å². The van der Waals surface area contributed by atoms with E-state index in [0.29, 0.717) is 6.20 Å². The number of carbonyl (C=O) groups is 2. The van der Waals surface area contributed by atoms with Crippen LogP contribution in [0.4, 0.5) is 13.2 Å². The van der Waals surface area contributed by atoms with E-state index in [0.717, 1.165) is 27.9 Å². The topological polar surface area (TPSA) is 101 Å². The standard InChI is InChI=1S/C14H14F3N5O3/c1-13(2,12(24)25)21(3)11(23)9-7-22(20-19-9)10-5-4-8(6-18-10)14(15,16)17/h4-7H,1-3H3,(H,24,25). The summed E-state index contributed by atoms with van der Waals surface area (Å²) in [6, 6.07) is 1.90. The minimum absolute atomic E-state index is 0.0275. The molecule has 0 aliphatic heterocycles. The molecule has 0 saturated carbocycles. The lowest BCUT2D eigenvalue weighted by molar-refractivity contribution is -0.147. The Labute approximate surface area is 139 Å². The first-order chi connectivity index (χ1) is 11.4. The number of carboxylic acid groups (broad SMARTS) is 1. The number of aliphatic carboxylic acids is 1. The predicted octanol–water partition coefficient (Wildman–Crippen LogP) is 1.62. The van der Waals surface area contributed by atoms with E-state index in [4.69, 9.17) is 5.11 Å². The van der Waals surface area contributed by atoms with Crippen molar-refractivity contribution in [2.75, 3.05) is 7.05 Å². The summed E-state index contributed by atoms with van der Waals surface area (Å²) in [7, 11) is 1.30. The molecular weight excluding hydrogens is 343 g/mol. The zero-order valence-corrected chi connectivity index (χ0v) is 13.4. The number of pyridine rings is 1. The van der Waals surface area contributed by atoms with E-state index >= 15 is 0 Å². The molecule has 0 aliphatic carbocycles. The number of hydrogen-bond donors (Lipinski definition) is 1. The first kappa shape index (κ1) is 18.4. The lowest BCUT2D eigenvalue weighted by atomic mass is 10.0. The summed E-state index contributed by atoms with van der Waals surface area (Å²) < 4.78 is 38.6. The van der Waals surface area contributed by atoms with E-state index in [-0.39, 0.29) is 11.5 Å². The van der Waals surface area contributed by atoms with Crippen molar-refractivity contribution in [3.05, 3.63) is 35.8 Å². The number of likely N-dealkylation sites (N-methyl/N-ethyl adjacent to an activating group) is 1. The SMILES string of the molecule is CN(C(=O)c1cn(-c2ccc(C(F)(F)F)cn2)nn1)C(C)(C)C(=O)O. The molecule has 134 valence electrons. The van der Waals surface area contributed by atoms with Crippen LogP contribution in [0.2, 0.25) is 0 Å². The maximum atomic E-state index is 12.5. The lowest BCUT2D eigenvalue weighted by Crippen LogP contribution is -2.50. The second-order valence-corrected chi connectivity index (χ2v) is 5.68. The quantitative estimate of drug-likeness (QED) is 0.892. The number of carbonyl (C=O) groups excluding carboxylic acids is 1. The number of amides is 1. The van der Waals surface area contributed by atoms with Gasteiger partial charge in [0.1, 0.15) is 5.54 Å². The van der Waals surface area contributed by atoms with Crippen molar-refractivity contribution >= 4 is 11.9 Å². The summed E-state index contributed by atoms with van der Waals surface area (Å²) in [5, 5.41) is 16.4. The number of aromatic nitrogens is 4. The Morgan fingerprint density at radius 3 is 2.36 bits per heavy atom. The van der Waals surface area contributed by atoms with Crippen molar-refractivity contribution in [2.45, 2.75) is 25.6 Å². The van der Waals surface area contributed by atoms with Gasteiger partial charge in [-0.15, -0.1) is 5.10 Å². The normalized spacial score (nSPS) is 12.1. The van der Waals surface area contributed by atoms with Crippen LogP contribution in [-0.2, 0) is 11.0 Å². The van der Waals surface area contributed by atoms with E-state index in [2.05, 4.69) is 15.3 Å². The molecule has 11 heteroatoms. The van der Waals surface area contributed by atoms with Gasteiger partial charge in [0.05, 0.1) is 11.8 Å². The molecule has 1 N–H and O–H groups in total. The number of alkyl halides is 3. The molecular formula is C14H14F3N5O3. The van der Waals surface area contributed by atoms with Gasteiger partial charge in [-0.25, -0.2) is 14.5 Å². The monoisotopic (exact) mass is 357 g/mol. The molecule has 2 heterocycles. The number of nitrogens with zero attached hydrogens (tertiary/aromatic N) is 5. The molecule has 2 aromatic rings. The van der Waals surface area contributed by atoms with Crippen LogP contribution in [0.3, 0.4) is 0 Å². The van der Waals surface area contributed by atoms with Crippen LogP contribution in [0.1, 0.15) is 29.9 Å². The average molecular weight is 357 g/mol. The van der Waals surface area contributed by atoms with Crippen LogP contribution in [0.25, 0.3) is 5.82 Å². The molecule has 0 aliphatic rings. The maximum absolute atomic E-state index is 12.5. The highest BCUT2D eigenvalue weighted by atomic mass is 19.4. The van der Waals surface area contributed by atoms with Crippen LogP contribution in [0.5, 0.6) is 0 Å². The largest absolute Gasteiger partial charge is 0.480 e. The van der Waals surface area contributed by atoms with Crippen molar-refractivity contribution in [1.29, 1.82) is 0 Å². The van der Waals surface area contributed by atoms with Crippen molar-refractivity contribution in [3.8, 4) is 5.82 Å². The fourth-order valence-electron chi connectivity index (χ4n) is 1.73. The summed E-state index contributed by atoms with van der Waals surface area (Å²) in [6.45, 7) is 2.68. The summed E-state index contributed by atoms with van der Waals surface area (Å²) >= 11 is 0. The van der Waals surface area contributed by atoms with E-state index in [9.17, 15) is 22.8 Å². The smallest absolute Gasteiger partial charge is 0.417 e. The Bertz CT molecular complexity index is 799. The lowest BCUT2D eigenvalue weighted by Gasteiger charge is -2.30. The number of rotatable bonds is 4. The minimum Gasteiger partial charge on any atom is -0.480 e. The van der Waals surface area contributed by atoms with Crippen molar-refractivity contribution in [2.24, 2.45) is 0 Å². The molecule has 1 amide bonds. The van der Waals surface area contributed by atoms with Crippen LogP contribution < -0.4 is 0 Å². The summed E-state index contributed by atoms with van der Waals surface area (Å²) in [4.78, 5) is 28.1. The van der Waals surface area contributed by atoms with Gasteiger partial charge in [0.15, 0.2) is 11.5 Å². The van der Waals surface area contributed by atoms with Gasteiger partial charge in [0.2, 0.25) is 0 Å². The van der Waals surface area contributed by atoms with E-state index in [1.807, 2.05) is 0 Å². The van der Waals surface area contributed by atoms with E-state index < -0.39 is 29.2 Å². The first-order valence-corrected chi connectivity index (χ1v) is 6.92. The molecule has 0 unspecified atom stereocenters. The Morgan fingerprint density at radius 2 is 1.88 bits per heavy atom. The fourth-order valence-corrected chi connectivity index (χ4v) is 1.73. The van der Waals surface area contributed by atoms with E-state index in [1.54, 1.807) is 0 Å². The number of carboxylic acids is 1. The van der Waals surface area contributed by atoms with Gasteiger partial charge in [-0.2, -0.15) is 13.2 Å². The van der Waals surface area contributed by atoms with Crippen molar-refractivity contribution in [3.63, 3.8) is 0 Å². The Balaban J connectivity index is 2.25. The highest BCUT2D eigenvalue weighted by Gasteiger charge is 2.36. The van der Waals surface area contributed by atoms with Crippen LogP contribution in [-0.4, -0.2) is 54.4 Å². The molecule has 0 spiro atoms. The van der Waals surface area contributed by atoms with Crippen molar-refractivity contribution < 1.29 is 27.9 Å².